The third-order valence-electron chi connectivity index (χ3n) is 8.97. The van der Waals surface area contributed by atoms with Crippen LogP contribution in [0.5, 0.6) is 0 Å². The maximum atomic E-state index is 13.6. The molecule has 1 aromatic carbocycles. The van der Waals surface area contributed by atoms with Gasteiger partial charge in [0.25, 0.3) is 5.91 Å². The third kappa shape index (κ3) is 7.25. The number of ether oxygens (including phenoxy) is 1. The Hall–Kier alpha value is -3.56. The number of rotatable bonds is 8. The number of nitrogens with one attached hydrogen (secondary N) is 1. The van der Waals surface area contributed by atoms with Gasteiger partial charge in [-0.25, -0.2) is 9.37 Å². The number of hydrogen-bond donors (Lipinski definition) is 1. The Kier molecular flexibility index (Phi) is 9.25. The van der Waals surface area contributed by atoms with Crippen LogP contribution in [-0.4, -0.2) is 85.8 Å². The Bertz CT molecular complexity index is 1300. The van der Waals surface area contributed by atoms with Crippen LogP contribution in [-0.2, 0) is 4.74 Å². The van der Waals surface area contributed by atoms with Crippen LogP contribution in [0.2, 0.25) is 0 Å². The quantitative estimate of drug-likeness (QED) is 0.422. The molecule has 6 rings (SSSR count). The summed E-state index contributed by atoms with van der Waals surface area (Å²) < 4.78 is 19.2. The van der Waals surface area contributed by atoms with E-state index in [9.17, 15) is 9.18 Å². The summed E-state index contributed by atoms with van der Waals surface area (Å²) in [6.45, 7) is 8.10. The molecule has 3 aliphatic rings. The molecule has 9 heteroatoms. The summed E-state index contributed by atoms with van der Waals surface area (Å²) in [6, 6.07) is 14.9. The molecule has 222 valence electrons. The fourth-order valence-electron chi connectivity index (χ4n) is 6.35. The van der Waals surface area contributed by atoms with Gasteiger partial charge in [-0.2, -0.15) is 0 Å². The number of morpholine rings is 1. The van der Waals surface area contributed by atoms with E-state index in [1.807, 2.05) is 18.2 Å². The van der Waals surface area contributed by atoms with E-state index in [4.69, 9.17) is 9.72 Å². The Labute approximate surface area is 247 Å². The summed E-state index contributed by atoms with van der Waals surface area (Å²) in [5, 5.41) is 3.20. The molecule has 1 amide bonds. The molecule has 4 heterocycles. The van der Waals surface area contributed by atoms with Gasteiger partial charge in [-0.05, 0) is 92.1 Å². The van der Waals surface area contributed by atoms with E-state index in [0.29, 0.717) is 18.8 Å². The number of hydrogen-bond acceptors (Lipinski definition) is 7. The molecule has 1 N–H and O–H groups in total. The average molecular weight is 573 g/mol. The van der Waals surface area contributed by atoms with Gasteiger partial charge in [-0.1, -0.05) is 12.1 Å². The van der Waals surface area contributed by atoms with Gasteiger partial charge < -0.3 is 19.9 Å². The van der Waals surface area contributed by atoms with Crippen LogP contribution in [0.25, 0.3) is 11.1 Å². The summed E-state index contributed by atoms with van der Waals surface area (Å²) in [4.78, 5) is 28.9. The molecule has 2 aromatic heterocycles. The van der Waals surface area contributed by atoms with E-state index >= 15 is 0 Å². The standard InChI is InChI=1S/C33H41FN6O2/c34-29-7-5-26(6-8-29)28-22-31(37-32(23-28)40-18-20-42-21-19-40)39-16-14-38(15-17-39)13-11-25-3-9-30(10-4-25)36-33(41)27-2-1-12-35-24-27/h1-2,5-8,12,22-25,30H,3-4,9-11,13-21H2,(H,36,41). The summed E-state index contributed by atoms with van der Waals surface area (Å²) in [6.07, 6.45) is 8.96. The molecule has 1 saturated carbocycles. The molecule has 0 atom stereocenters. The SMILES string of the molecule is O=C(NC1CCC(CCN2CCN(c3cc(-c4ccc(F)cc4)cc(N4CCOCC4)n3)CC2)CC1)c1cccnc1. The van der Waals surface area contributed by atoms with Crippen LogP contribution in [0.3, 0.4) is 0 Å². The summed E-state index contributed by atoms with van der Waals surface area (Å²) in [5.74, 6) is 2.44. The monoisotopic (exact) mass is 572 g/mol. The minimum absolute atomic E-state index is 0.0146. The van der Waals surface area contributed by atoms with Crippen molar-refractivity contribution in [3.8, 4) is 11.1 Å². The number of pyridine rings is 2. The number of benzene rings is 1. The molecular weight excluding hydrogens is 531 g/mol. The van der Waals surface area contributed by atoms with Gasteiger partial charge in [-0.15, -0.1) is 0 Å². The van der Waals surface area contributed by atoms with E-state index in [2.05, 4.69) is 37.1 Å². The number of carbonyl (C=O) groups excluding carboxylic acids is 1. The predicted molar refractivity (Wildman–Crippen MR) is 163 cm³/mol. The second-order valence-corrected chi connectivity index (χ2v) is 11.7. The topological polar surface area (TPSA) is 73.8 Å². The molecule has 0 bridgehead atoms. The van der Waals surface area contributed by atoms with Crippen molar-refractivity contribution in [2.24, 2.45) is 5.92 Å². The number of halogens is 1. The van der Waals surface area contributed by atoms with E-state index in [-0.39, 0.29) is 17.8 Å². The highest BCUT2D eigenvalue weighted by atomic mass is 19.1. The second kappa shape index (κ2) is 13.6. The molecule has 1 aliphatic carbocycles. The van der Waals surface area contributed by atoms with Gasteiger partial charge >= 0.3 is 0 Å². The van der Waals surface area contributed by atoms with Crippen molar-refractivity contribution in [1.29, 1.82) is 0 Å². The highest BCUT2D eigenvalue weighted by Crippen LogP contribution is 2.30. The van der Waals surface area contributed by atoms with E-state index in [1.165, 1.54) is 31.4 Å². The maximum absolute atomic E-state index is 13.6. The smallest absolute Gasteiger partial charge is 0.253 e. The van der Waals surface area contributed by atoms with Crippen molar-refractivity contribution in [1.82, 2.24) is 20.2 Å². The lowest BCUT2D eigenvalue weighted by Crippen LogP contribution is -2.47. The van der Waals surface area contributed by atoms with Crippen molar-refractivity contribution in [2.75, 3.05) is 68.8 Å². The second-order valence-electron chi connectivity index (χ2n) is 11.7. The largest absolute Gasteiger partial charge is 0.378 e. The summed E-state index contributed by atoms with van der Waals surface area (Å²) in [7, 11) is 0. The number of anilines is 2. The number of aromatic nitrogens is 2. The lowest BCUT2D eigenvalue weighted by atomic mass is 9.84. The molecule has 0 spiro atoms. The van der Waals surface area contributed by atoms with Crippen LogP contribution < -0.4 is 15.1 Å². The van der Waals surface area contributed by atoms with E-state index in [1.54, 1.807) is 18.5 Å². The van der Waals surface area contributed by atoms with Crippen molar-refractivity contribution < 1.29 is 13.9 Å². The lowest BCUT2D eigenvalue weighted by Gasteiger charge is -2.37. The number of piperazine rings is 1. The fourth-order valence-corrected chi connectivity index (χ4v) is 6.35. The maximum Gasteiger partial charge on any atom is 0.253 e. The minimum Gasteiger partial charge on any atom is -0.378 e. The predicted octanol–water partition coefficient (Wildman–Crippen LogP) is 4.62. The van der Waals surface area contributed by atoms with Gasteiger partial charge in [-0.3, -0.25) is 14.7 Å². The molecule has 2 aliphatic heterocycles. The average Bonchev–Trinajstić information content (AvgIpc) is 3.05. The Morgan fingerprint density at radius 3 is 2.24 bits per heavy atom. The molecule has 8 nitrogen and oxygen atoms in total. The van der Waals surface area contributed by atoms with Crippen molar-refractivity contribution in [3.05, 3.63) is 72.3 Å². The third-order valence-corrected chi connectivity index (χ3v) is 8.97. The molecule has 42 heavy (non-hydrogen) atoms. The lowest BCUT2D eigenvalue weighted by molar-refractivity contribution is 0.0919. The number of carbonyl (C=O) groups is 1. The van der Waals surface area contributed by atoms with Gasteiger partial charge in [0.2, 0.25) is 0 Å². The van der Waals surface area contributed by atoms with Crippen LogP contribution in [0.1, 0.15) is 42.5 Å². The van der Waals surface area contributed by atoms with Gasteiger partial charge in [0, 0.05) is 57.7 Å². The van der Waals surface area contributed by atoms with Crippen molar-refractivity contribution in [2.45, 2.75) is 38.1 Å². The first kappa shape index (κ1) is 28.6. The molecule has 3 aromatic rings. The van der Waals surface area contributed by atoms with Crippen molar-refractivity contribution in [3.63, 3.8) is 0 Å². The Balaban J connectivity index is 1.00. The van der Waals surface area contributed by atoms with Crippen LogP contribution >= 0.6 is 0 Å². The zero-order valence-electron chi connectivity index (χ0n) is 24.3. The summed E-state index contributed by atoms with van der Waals surface area (Å²) >= 11 is 0. The summed E-state index contributed by atoms with van der Waals surface area (Å²) in [5.41, 5.74) is 2.70. The van der Waals surface area contributed by atoms with E-state index < -0.39 is 0 Å². The first-order valence-corrected chi connectivity index (χ1v) is 15.4. The molecule has 0 radical (unpaired) electrons. The molecular formula is C33H41FN6O2. The first-order valence-electron chi connectivity index (χ1n) is 15.4. The van der Waals surface area contributed by atoms with Crippen molar-refractivity contribution >= 4 is 17.5 Å². The normalized spacial score (nSPS) is 21.7. The number of nitrogens with zero attached hydrogens (tertiary/aromatic N) is 5. The zero-order valence-corrected chi connectivity index (χ0v) is 24.3. The Morgan fingerprint density at radius 1 is 0.881 bits per heavy atom. The van der Waals surface area contributed by atoms with Crippen LogP contribution in [0, 0.1) is 11.7 Å². The van der Waals surface area contributed by atoms with Crippen LogP contribution in [0.15, 0.2) is 60.9 Å². The van der Waals surface area contributed by atoms with E-state index in [0.717, 1.165) is 87.3 Å². The highest BCUT2D eigenvalue weighted by molar-refractivity contribution is 5.94. The van der Waals surface area contributed by atoms with Gasteiger partial charge in [0.15, 0.2) is 0 Å². The first-order chi connectivity index (χ1) is 20.6. The number of amides is 1. The zero-order chi connectivity index (χ0) is 28.7. The van der Waals surface area contributed by atoms with Crippen LogP contribution in [0.4, 0.5) is 16.0 Å². The Morgan fingerprint density at radius 2 is 1.57 bits per heavy atom. The molecule has 2 saturated heterocycles. The van der Waals surface area contributed by atoms with Gasteiger partial charge in [0.1, 0.15) is 17.5 Å². The molecule has 0 unspecified atom stereocenters. The highest BCUT2D eigenvalue weighted by Gasteiger charge is 2.25. The fraction of sp³-hybridized carbons (Fsp3) is 0.485. The van der Waals surface area contributed by atoms with Gasteiger partial charge in [0.05, 0.1) is 18.8 Å². The molecule has 3 fully saturated rings. The minimum atomic E-state index is -0.224.